The SMILES string of the molecule is CC1CC(O)(Cc2ccc(F)c(F)c2)CCO1. The van der Waals surface area contributed by atoms with Crippen LogP contribution in [0.15, 0.2) is 18.2 Å². The Bertz CT molecular complexity index is 408. The van der Waals surface area contributed by atoms with Crippen LogP contribution in [0.2, 0.25) is 0 Å². The summed E-state index contributed by atoms with van der Waals surface area (Å²) in [7, 11) is 0. The molecular formula is C13H16F2O2. The van der Waals surface area contributed by atoms with Gasteiger partial charge >= 0.3 is 0 Å². The smallest absolute Gasteiger partial charge is 0.159 e. The molecule has 0 aromatic heterocycles. The zero-order chi connectivity index (χ0) is 12.5. The van der Waals surface area contributed by atoms with Crippen molar-refractivity contribution in [3.63, 3.8) is 0 Å². The van der Waals surface area contributed by atoms with Gasteiger partial charge in [0.1, 0.15) is 0 Å². The van der Waals surface area contributed by atoms with Crippen molar-refractivity contribution in [1.29, 1.82) is 0 Å². The van der Waals surface area contributed by atoms with Crippen LogP contribution in [0.25, 0.3) is 0 Å². The van der Waals surface area contributed by atoms with E-state index in [9.17, 15) is 13.9 Å². The van der Waals surface area contributed by atoms with Crippen LogP contribution >= 0.6 is 0 Å². The van der Waals surface area contributed by atoms with Crippen molar-refractivity contribution in [2.45, 2.75) is 37.9 Å². The van der Waals surface area contributed by atoms with E-state index in [-0.39, 0.29) is 6.10 Å². The highest BCUT2D eigenvalue weighted by Crippen LogP contribution is 2.28. The molecule has 0 bridgehead atoms. The van der Waals surface area contributed by atoms with Gasteiger partial charge in [0.25, 0.3) is 0 Å². The average molecular weight is 242 g/mol. The van der Waals surface area contributed by atoms with E-state index in [0.29, 0.717) is 31.4 Å². The summed E-state index contributed by atoms with van der Waals surface area (Å²) in [6.07, 6.45) is 1.37. The maximum atomic E-state index is 13.1. The van der Waals surface area contributed by atoms with Gasteiger partial charge in [-0.1, -0.05) is 6.07 Å². The molecule has 1 aliphatic heterocycles. The van der Waals surface area contributed by atoms with Crippen molar-refractivity contribution in [3.8, 4) is 0 Å². The van der Waals surface area contributed by atoms with E-state index in [1.54, 1.807) is 0 Å². The molecule has 1 aliphatic rings. The third kappa shape index (κ3) is 3.01. The lowest BCUT2D eigenvalue weighted by molar-refractivity contribution is -0.0961. The van der Waals surface area contributed by atoms with Gasteiger partial charge < -0.3 is 9.84 Å². The Morgan fingerprint density at radius 1 is 1.41 bits per heavy atom. The van der Waals surface area contributed by atoms with Crippen molar-refractivity contribution < 1.29 is 18.6 Å². The summed E-state index contributed by atoms with van der Waals surface area (Å²) in [4.78, 5) is 0. The van der Waals surface area contributed by atoms with Crippen LogP contribution in [0.1, 0.15) is 25.3 Å². The summed E-state index contributed by atoms with van der Waals surface area (Å²) in [5.41, 5.74) is -0.262. The van der Waals surface area contributed by atoms with Gasteiger partial charge in [-0.25, -0.2) is 8.78 Å². The van der Waals surface area contributed by atoms with E-state index >= 15 is 0 Å². The number of halogens is 2. The van der Waals surface area contributed by atoms with Crippen molar-refractivity contribution in [3.05, 3.63) is 35.4 Å². The topological polar surface area (TPSA) is 29.5 Å². The first-order valence-corrected chi connectivity index (χ1v) is 5.76. The van der Waals surface area contributed by atoms with E-state index in [1.165, 1.54) is 6.07 Å². The summed E-state index contributed by atoms with van der Waals surface area (Å²) in [5.74, 6) is -1.73. The third-order valence-corrected chi connectivity index (χ3v) is 3.15. The quantitative estimate of drug-likeness (QED) is 0.863. The lowest BCUT2D eigenvalue weighted by atomic mass is 9.85. The Labute approximate surface area is 99.2 Å². The number of ether oxygens (including phenoxy) is 1. The first-order chi connectivity index (χ1) is 7.98. The third-order valence-electron chi connectivity index (χ3n) is 3.15. The fourth-order valence-electron chi connectivity index (χ4n) is 2.34. The van der Waals surface area contributed by atoms with Gasteiger partial charge in [0.2, 0.25) is 0 Å². The summed E-state index contributed by atoms with van der Waals surface area (Å²) < 4.78 is 31.2. The van der Waals surface area contributed by atoms with Gasteiger partial charge in [0, 0.05) is 19.4 Å². The van der Waals surface area contributed by atoms with E-state index in [1.807, 2.05) is 6.92 Å². The van der Waals surface area contributed by atoms with Gasteiger partial charge in [0.05, 0.1) is 11.7 Å². The molecule has 1 heterocycles. The molecule has 1 aromatic carbocycles. The highest BCUT2D eigenvalue weighted by Gasteiger charge is 2.33. The predicted octanol–water partition coefficient (Wildman–Crippen LogP) is 2.44. The Balaban J connectivity index is 2.11. The number of hydrogen-bond donors (Lipinski definition) is 1. The van der Waals surface area contributed by atoms with Crippen molar-refractivity contribution >= 4 is 0 Å². The minimum Gasteiger partial charge on any atom is -0.389 e. The molecule has 0 saturated carbocycles. The highest BCUT2D eigenvalue weighted by atomic mass is 19.2. The van der Waals surface area contributed by atoms with Crippen LogP contribution in [0.3, 0.4) is 0 Å². The molecule has 1 fully saturated rings. The predicted molar refractivity (Wildman–Crippen MR) is 59.7 cm³/mol. The monoisotopic (exact) mass is 242 g/mol. The van der Waals surface area contributed by atoms with Gasteiger partial charge in [-0.05, 0) is 31.0 Å². The van der Waals surface area contributed by atoms with E-state index < -0.39 is 17.2 Å². The largest absolute Gasteiger partial charge is 0.389 e. The normalized spacial score (nSPS) is 29.3. The molecular weight excluding hydrogens is 226 g/mol. The molecule has 2 nitrogen and oxygen atoms in total. The Morgan fingerprint density at radius 3 is 2.82 bits per heavy atom. The lowest BCUT2D eigenvalue weighted by Crippen LogP contribution is -2.41. The number of benzene rings is 1. The van der Waals surface area contributed by atoms with E-state index in [4.69, 9.17) is 4.74 Å². The van der Waals surface area contributed by atoms with Crippen LogP contribution in [0.4, 0.5) is 8.78 Å². The second-order valence-electron chi connectivity index (χ2n) is 4.79. The molecule has 0 radical (unpaired) electrons. The van der Waals surface area contributed by atoms with Crippen molar-refractivity contribution in [2.75, 3.05) is 6.61 Å². The molecule has 2 atom stereocenters. The zero-order valence-corrected chi connectivity index (χ0v) is 9.75. The van der Waals surface area contributed by atoms with Crippen LogP contribution in [-0.4, -0.2) is 23.4 Å². The Morgan fingerprint density at radius 2 is 2.18 bits per heavy atom. The number of aliphatic hydroxyl groups is 1. The first kappa shape index (κ1) is 12.5. The van der Waals surface area contributed by atoms with Gasteiger partial charge in [-0.3, -0.25) is 0 Å². The summed E-state index contributed by atoms with van der Waals surface area (Å²) in [5, 5.41) is 10.4. The Kier molecular flexibility index (Phi) is 3.45. The molecule has 17 heavy (non-hydrogen) atoms. The molecule has 1 saturated heterocycles. The Hall–Kier alpha value is -1.00. The number of hydrogen-bond acceptors (Lipinski definition) is 2. The molecule has 1 aromatic rings. The minimum absolute atomic E-state index is 0.000884. The van der Waals surface area contributed by atoms with Crippen LogP contribution in [0, 0.1) is 11.6 Å². The van der Waals surface area contributed by atoms with Crippen molar-refractivity contribution in [2.24, 2.45) is 0 Å². The maximum Gasteiger partial charge on any atom is 0.159 e. The first-order valence-electron chi connectivity index (χ1n) is 5.76. The van der Waals surface area contributed by atoms with Gasteiger partial charge in [-0.2, -0.15) is 0 Å². The van der Waals surface area contributed by atoms with E-state index in [0.717, 1.165) is 12.1 Å². The minimum atomic E-state index is -0.873. The molecule has 4 heteroatoms. The average Bonchev–Trinajstić information content (AvgIpc) is 2.22. The second kappa shape index (κ2) is 4.70. The summed E-state index contributed by atoms with van der Waals surface area (Å²) >= 11 is 0. The lowest BCUT2D eigenvalue weighted by Gasteiger charge is -2.35. The van der Waals surface area contributed by atoms with Gasteiger partial charge in [-0.15, -0.1) is 0 Å². The molecule has 0 spiro atoms. The summed E-state index contributed by atoms with van der Waals surface area (Å²) in [6.45, 7) is 2.40. The highest BCUT2D eigenvalue weighted by molar-refractivity contribution is 5.20. The van der Waals surface area contributed by atoms with Crippen LogP contribution in [0.5, 0.6) is 0 Å². The number of rotatable bonds is 2. The molecule has 2 unspecified atom stereocenters. The standard InChI is InChI=1S/C13H16F2O2/c1-9-7-13(16,4-5-17-9)8-10-2-3-11(14)12(15)6-10/h2-3,6,9,16H,4-5,7-8H2,1H3. The van der Waals surface area contributed by atoms with Gasteiger partial charge in [0.15, 0.2) is 11.6 Å². The molecule has 2 rings (SSSR count). The van der Waals surface area contributed by atoms with E-state index in [2.05, 4.69) is 0 Å². The van der Waals surface area contributed by atoms with Crippen LogP contribution < -0.4 is 0 Å². The fourth-order valence-corrected chi connectivity index (χ4v) is 2.34. The molecule has 1 N–H and O–H groups in total. The zero-order valence-electron chi connectivity index (χ0n) is 9.75. The molecule has 0 aliphatic carbocycles. The van der Waals surface area contributed by atoms with Crippen LogP contribution in [-0.2, 0) is 11.2 Å². The fraction of sp³-hybridized carbons (Fsp3) is 0.538. The maximum absolute atomic E-state index is 13.1. The molecule has 0 amide bonds. The van der Waals surface area contributed by atoms with Crippen molar-refractivity contribution in [1.82, 2.24) is 0 Å². The second-order valence-corrected chi connectivity index (χ2v) is 4.79. The molecule has 94 valence electrons. The summed E-state index contributed by atoms with van der Waals surface area (Å²) in [6, 6.07) is 3.75.